The van der Waals surface area contributed by atoms with Gasteiger partial charge >= 0.3 is 0 Å². The molecule has 2 aliphatic heterocycles. The highest BCUT2D eigenvalue weighted by Crippen LogP contribution is 2.34. The van der Waals surface area contributed by atoms with E-state index in [4.69, 9.17) is 5.26 Å². The van der Waals surface area contributed by atoms with Crippen molar-refractivity contribution in [2.24, 2.45) is 0 Å². The summed E-state index contributed by atoms with van der Waals surface area (Å²) in [5.41, 5.74) is 1.74. The molecule has 4 rings (SSSR count). The molecule has 7 heteroatoms. The molecular formula is C20H22N6O. The number of amides is 1. The Morgan fingerprint density at radius 1 is 1.22 bits per heavy atom. The lowest BCUT2D eigenvalue weighted by molar-refractivity contribution is 0.0938. The van der Waals surface area contributed by atoms with Crippen LogP contribution in [0.15, 0.2) is 42.9 Å². The van der Waals surface area contributed by atoms with Gasteiger partial charge in [-0.3, -0.25) is 9.78 Å². The van der Waals surface area contributed by atoms with Crippen LogP contribution in [-0.4, -0.2) is 46.5 Å². The molecule has 7 nitrogen and oxygen atoms in total. The van der Waals surface area contributed by atoms with Crippen molar-refractivity contribution in [3.05, 3.63) is 54.0 Å². The zero-order chi connectivity index (χ0) is 18.6. The van der Waals surface area contributed by atoms with Gasteiger partial charge in [0.15, 0.2) is 6.19 Å². The van der Waals surface area contributed by atoms with E-state index < -0.39 is 0 Å². The molecule has 0 spiro atoms. The highest BCUT2D eigenvalue weighted by molar-refractivity contribution is 5.94. The standard InChI is InChI=1S/C20H22N6O/c21-14-25-10-7-17(13-25)24-20(27)16-5-6-19(23-12-16)26-9-2-4-18(26)15-3-1-8-22-11-15/h1,3,5-6,8,11-12,17-18H,2,4,7,9-10,13H2,(H,24,27). The molecule has 2 saturated heterocycles. The van der Waals surface area contributed by atoms with Gasteiger partial charge in [0.25, 0.3) is 5.91 Å². The molecular weight excluding hydrogens is 340 g/mol. The summed E-state index contributed by atoms with van der Waals surface area (Å²) in [5.74, 6) is 0.749. The third kappa shape index (κ3) is 3.70. The smallest absolute Gasteiger partial charge is 0.253 e. The molecule has 138 valence electrons. The average molecular weight is 362 g/mol. The van der Waals surface area contributed by atoms with Gasteiger partial charge in [-0.15, -0.1) is 0 Å². The van der Waals surface area contributed by atoms with Crippen molar-refractivity contribution in [1.82, 2.24) is 20.2 Å². The first-order valence-electron chi connectivity index (χ1n) is 9.33. The Kier molecular flexibility index (Phi) is 4.88. The summed E-state index contributed by atoms with van der Waals surface area (Å²) >= 11 is 0. The second kappa shape index (κ2) is 7.62. The Hall–Kier alpha value is -3.14. The van der Waals surface area contributed by atoms with E-state index in [2.05, 4.69) is 32.4 Å². The van der Waals surface area contributed by atoms with Crippen molar-refractivity contribution in [2.45, 2.75) is 31.3 Å². The Morgan fingerprint density at radius 3 is 2.85 bits per heavy atom. The zero-order valence-electron chi connectivity index (χ0n) is 15.1. The van der Waals surface area contributed by atoms with E-state index >= 15 is 0 Å². The number of aromatic nitrogens is 2. The predicted octanol–water partition coefficient (Wildman–Crippen LogP) is 2.10. The lowest BCUT2D eigenvalue weighted by Gasteiger charge is -2.26. The second-order valence-corrected chi connectivity index (χ2v) is 7.05. The molecule has 0 aliphatic carbocycles. The highest BCUT2D eigenvalue weighted by atomic mass is 16.1. The van der Waals surface area contributed by atoms with Crippen molar-refractivity contribution in [2.75, 3.05) is 24.5 Å². The van der Waals surface area contributed by atoms with E-state index in [1.807, 2.05) is 24.4 Å². The normalized spacial score (nSPS) is 21.9. The average Bonchev–Trinajstić information content (AvgIpc) is 3.38. The van der Waals surface area contributed by atoms with E-state index in [9.17, 15) is 4.79 Å². The lowest BCUT2D eigenvalue weighted by Crippen LogP contribution is -2.36. The largest absolute Gasteiger partial charge is 0.350 e. The molecule has 2 aromatic rings. The quantitative estimate of drug-likeness (QED) is 0.839. The molecule has 0 bridgehead atoms. The number of carbonyl (C=O) groups excluding carboxylic acids is 1. The molecule has 1 amide bonds. The zero-order valence-corrected chi connectivity index (χ0v) is 15.1. The van der Waals surface area contributed by atoms with Gasteiger partial charge in [0.2, 0.25) is 0 Å². The van der Waals surface area contributed by atoms with Crippen LogP contribution >= 0.6 is 0 Å². The van der Waals surface area contributed by atoms with Crippen LogP contribution in [0.3, 0.4) is 0 Å². The number of hydrogen-bond acceptors (Lipinski definition) is 6. The van der Waals surface area contributed by atoms with E-state index in [1.54, 1.807) is 17.3 Å². The first kappa shape index (κ1) is 17.3. The summed E-state index contributed by atoms with van der Waals surface area (Å²) in [5, 5.41) is 11.9. The summed E-state index contributed by atoms with van der Waals surface area (Å²) in [7, 11) is 0. The van der Waals surface area contributed by atoms with Crippen LogP contribution in [0.25, 0.3) is 0 Å². The van der Waals surface area contributed by atoms with Gasteiger partial charge in [-0.25, -0.2) is 4.98 Å². The van der Waals surface area contributed by atoms with Gasteiger partial charge in [0.05, 0.1) is 11.6 Å². The van der Waals surface area contributed by atoms with Crippen molar-refractivity contribution in [3.63, 3.8) is 0 Å². The Morgan fingerprint density at radius 2 is 2.15 bits per heavy atom. The number of pyridine rings is 2. The summed E-state index contributed by atoms with van der Waals surface area (Å²) in [6, 6.07) is 8.10. The van der Waals surface area contributed by atoms with Crippen molar-refractivity contribution >= 4 is 11.7 Å². The maximum atomic E-state index is 12.4. The first-order chi connectivity index (χ1) is 13.2. The summed E-state index contributed by atoms with van der Waals surface area (Å²) in [6.07, 6.45) is 10.4. The summed E-state index contributed by atoms with van der Waals surface area (Å²) < 4.78 is 0. The molecule has 0 saturated carbocycles. The number of hydrogen-bond donors (Lipinski definition) is 1. The van der Waals surface area contributed by atoms with Crippen LogP contribution in [0.5, 0.6) is 0 Å². The fourth-order valence-corrected chi connectivity index (χ4v) is 3.89. The highest BCUT2D eigenvalue weighted by Gasteiger charge is 2.28. The van der Waals surface area contributed by atoms with E-state index in [-0.39, 0.29) is 18.0 Å². The Bertz CT molecular complexity index is 832. The molecule has 1 N–H and O–H groups in total. The Balaban J connectivity index is 1.43. The van der Waals surface area contributed by atoms with Crippen LogP contribution in [-0.2, 0) is 0 Å². The predicted molar refractivity (Wildman–Crippen MR) is 101 cm³/mol. The maximum absolute atomic E-state index is 12.4. The van der Waals surface area contributed by atoms with Crippen LogP contribution < -0.4 is 10.2 Å². The molecule has 2 aliphatic rings. The van der Waals surface area contributed by atoms with E-state index in [0.29, 0.717) is 18.7 Å². The molecule has 0 aromatic carbocycles. The number of nitriles is 1. The third-order valence-electron chi connectivity index (χ3n) is 5.29. The SMILES string of the molecule is N#CN1CCC(NC(=O)c2ccc(N3CCCC3c3cccnc3)nc2)C1. The molecule has 2 aromatic heterocycles. The molecule has 2 unspecified atom stereocenters. The molecule has 0 radical (unpaired) electrons. The van der Waals surface area contributed by atoms with E-state index in [0.717, 1.165) is 31.6 Å². The maximum Gasteiger partial charge on any atom is 0.253 e. The number of nitrogens with zero attached hydrogens (tertiary/aromatic N) is 5. The number of carbonyl (C=O) groups is 1. The van der Waals surface area contributed by atoms with E-state index in [1.165, 1.54) is 5.56 Å². The fraction of sp³-hybridized carbons (Fsp3) is 0.400. The Labute approximate surface area is 158 Å². The van der Waals surface area contributed by atoms with Gasteiger partial charge in [-0.1, -0.05) is 6.07 Å². The van der Waals surface area contributed by atoms with Gasteiger partial charge in [-0.05, 0) is 43.0 Å². The topological polar surface area (TPSA) is 85.2 Å². The molecule has 2 fully saturated rings. The monoisotopic (exact) mass is 362 g/mol. The molecule has 4 heterocycles. The number of nitrogens with one attached hydrogen (secondary N) is 1. The number of anilines is 1. The summed E-state index contributed by atoms with van der Waals surface area (Å²) in [6.45, 7) is 2.22. The van der Waals surface area contributed by atoms with Gasteiger partial charge in [-0.2, -0.15) is 5.26 Å². The van der Waals surface area contributed by atoms with Gasteiger partial charge < -0.3 is 15.1 Å². The second-order valence-electron chi connectivity index (χ2n) is 7.05. The number of likely N-dealkylation sites (tertiary alicyclic amines) is 1. The van der Waals surface area contributed by atoms with Crippen molar-refractivity contribution in [1.29, 1.82) is 5.26 Å². The minimum Gasteiger partial charge on any atom is -0.350 e. The fourth-order valence-electron chi connectivity index (χ4n) is 3.89. The van der Waals surface area contributed by atoms with Crippen LogP contribution in [0.2, 0.25) is 0 Å². The lowest BCUT2D eigenvalue weighted by atomic mass is 10.1. The minimum atomic E-state index is -0.135. The molecule has 2 atom stereocenters. The number of rotatable bonds is 4. The van der Waals surface area contributed by atoms with Crippen LogP contribution in [0.1, 0.15) is 41.2 Å². The van der Waals surface area contributed by atoms with Gasteiger partial charge in [0, 0.05) is 44.3 Å². The van der Waals surface area contributed by atoms with Crippen molar-refractivity contribution < 1.29 is 4.79 Å². The van der Waals surface area contributed by atoms with Gasteiger partial charge in [0.1, 0.15) is 5.82 Å². The third-order valence-corrected chi connectivity index (χ3v) is 5.29. The van der Waals surface area contributed by atoms with Crippen molar-refractivity contribution in [3.8, 4) is 6.19 Å². The minimum absolute atomic E-state index is 0.0189. The van der Waals surface area contributed by atoms with Crippen LogP contribution in [0.4, 0.5) is 5.82 Å². The van der Waals surface area contributed by atoms with Crippen LogP contribution in [0, 0.1) is 11.5 Å². The first-order valence-corrected chi connectivity index (χ1v) is 9.33. The summed E-state index contributed by atoms with van der Waals surface area (Å²) in [4.78, 5) is 25.2. The molecule has 27 heavy (non-hydrogen) atoms.